The molecular formula is C24H31N3O2S. The van der Waals surface area contributed by atoms with Gasteiger partial charge < -0.3 is 9.64 Å². The molecule has 0 fully saturated rings. The SMILES string of the molecule is CCCCN(C)C1CCc2c(sc3ncn(CCc4cccc(OC)c4)c(=O)c23)C1. The van der Waals surface area contributed by atoms with Crippen molar-refractivity contribution in [1.29, 1.82) is 0 Å². The zero-order chi connectivity index (χ0) is 21.1. The molecule has 1 aromatic carbocycles. The van der Waals surface area contributed by atoms with Gasteiger partial charge in [0.2, 0.25) is 0 Å². The quantitative estimate of drug-likeness (QED) is 0.540. The number of hydrogen-bond acceptors (Lipinski definition) is 5. The number of likely N-dealkylation sites (N-methyl/N-ethyl adjacent to an activating group) is 1. The number of benzene rings is 1. The van der Waals surface area contributed by atoms with Gasteiger partial charge >= 0.3 is 0 Å². The van der Waals surface area contributed by atoms with Gasteiger partial charge in [-0.2, -0.15) is 0 Å². The predicted octanol–water partition coefficient (Wildman–Crippen LogP) is 4.30. The molecule has 0 saturated carbocycles. The van der Waals surface area contributed by atoms with E-state index in [1.54, 1.807) is 29.3 Å². The van der Waals surface area contributed by atoms with Crippen molar-refractivity contribution in [2.45, 2.75) is 58.0 Å². The average molecular weight is 426 g/mol. The first-order chi connectivity index (χ1) is 14.6. The van der Waals surface area contributed by atoms with Gasteiger partial charge in [-0.3, -0.25) is 9.36 Å². The molecule has 6 heteroatoms. The molecule has 1 unspecified atom stereocenters. The second kappa shape index (κ2) is 9.31. The Morgan fingerprint density at radius 2 is 2.23 bits per heavy atom. The molecule has 4 rings (SSSR count). The van der Waals surface area contributed by atoms with Gasteiger partial charge in [0.25, 0.3) is 5.56 Å². The zero-order valence-corrected chi connectivity index (χ0v) is 19.0. The molecule has 2 heterocycles. The van der Waals surface area contributed by atoms with Gasteiger partial charge in [0.05, 0.1) is 18.8 Å². The van der Waals surface area contributed by atoms with Crippen molar-refractivity contribution in [2.75, 3.05) is 20.7 Å². The minimum Gasteiger partial charge on any atom is -0.497 e. The van der Waals surface area contributed by atoms with Crippen LogP contribution in [0, 0.1) is 0 Å². The molecule has 0 bridgehead atoms. The summed E-state index contributed by atoms with van der Waals surface area (Å²) in [6.07, 6.45) is 8.11. The van der Waals surface area contributed by atoms with Crippen LogP contribution in [0.1, 0.15) is 42.2 Å². The van der Waals surface area contributed by atoms with E-state index in [4.69, 9.17) is 4.74 Å². The third kappa shape index (κ3) is 4.30. The van der Waals surface area contributed by atoms with E-state index in [1.807, 2.05) is 18.2 Å². The summed E-state index contributed by atoms with van der Waals surface area (Å²) in [5, 5.41) is 0.859. The summed E-state index contributed by atoms with van der Waals surface area (Å²) in [6.45, 7) is 4.02. The summed E-state index contributed by atoms with van der Waals surface area (Å²) in [4.78, 5) is 22.7. The Hall–Kier alpha value is -2.18. The van der Waals surface area contributed by atoms with Crippen LogP contribution in [0.2, 0.25) is 0 Å². The lowest BCUT2D eigenvalue weighted by Crippen LogP contribution is -2.36. The second-order valence-electron chi connectivity index (χ2n) is 8.26. The lowest BCUT2D eigenvalue weighted by molar-refractivity contribution is 0.220. The Balaban J connectivity index is 1.54. The van der Waals surface area contributed by atoms with E-state index in [0.29, 0.717) is 12.6 Å². The van der Waals surface area contributed by atoms with Crippen molar-refractivity contribution in [3.63, 3.8) is 0 Å². The van der Waals surface area contributed by atoms with Crippen LogP contribution in [-0.2, 0) is 25.8 Å². The smallest absolute Gasteiger partial charge is 0.262 e. The predicted molar refractivity (Wildman–Crippen MR) is 124 cm³/mol. The molecular weight excluding hydrogens is 394 g/mol. The highest BCUT2D eigenvalue weighted by molar-refractivity contribution is 7.18. The molecule has 1 aliphatic rings. The summed E-state index contributed by atoms with van der Waals surface area (Å²) in [6, 6.07) is 8.60. The van der Waals surface area contributed by atoms with Gasteiger partial charge in [0, 0.05) is 17.5 Å². The highest BCUT2D eigenvalue weighted by Crippen LogP contribution is 2.34. The van der Waals surface area contributed by atoms with E-state index in [9.17, 15) is 4.79 Å². The van der Waals surface area contributed by atoms with Crippen molar-refractivity contribution in [2.24, 2.45) is 0 Å². The molecule has 1 aliphatic carbocycles. The lowest BCUT2D eigenvalue weighted by Gasteiger charge is -2.31. The van der Waals surface area contributed by atoms with E-state index in [-0.39, 0.29) is 5.56 Å². The number of aromatic nitrogens is 2. The largest absolute Gasteiger partial charge is 0.497 e. The Morgan fingerprint density at radius 1 is 1.37 bits per heavy atom. The van der Waals surface area contributed by atoms with Crippen molar-refractivity contribution in [3.05, 3.63) is 57.0 Å². The Labute approximate surface area is 182 Å². The molecule has 1 atom stereocenters. The fourth-order valence-corrected chi connectivity index (χ4v) is 5.64. The Kier molecular flexibility index (Phi) is 6.54. The van der Waals surface area contributed by atoms with Crippen LogP contribution in [0.5, 0.6) is 5.75 Å². The maximum atomic E-state index is 13.3. The van der Waals surface area contributed by atoms with Gasteiger partial charge in [0.1, 0.15) is 10.6 Å². The first-order valence-corrected chi connectivity index (χ1v) is 11.7. The van der Waals surface area contributed by atoms with E-state index < -0.39 is 0 Å². The van der Waals surface area contributed by atoms with Crippen molar-refractivity contribution >= 4 is 21.6 Å². The van der Waals surface area contributed by atoms with Crippen LogP contribution in [0.4, 0.5) is 0 Å². The van der Waals surface area contributed by atoms with Crippen molar-refractivity contribution in [3.8, 4) is 5.75 Å². The zero-order valence-electron chi connectivity index (χ0n) is 18.2. The Morgan fingerprint density at radius 3 is 3.03 bits per heavy atom. The fraction of sp³-hybridized carbons (Fsp3) is 0.500. The number of fused-ring (bicyclic) bond motifs is 3. The number of methoxy groups -OCH3 is 1. The van der Waals surface area contributed by atoms with Gasteiger partial charge in [-0.05, 0) is 69.0 Å². The molecule has 0 aliphatic heterocycles. The number of aryl methyl sites for hydroxylation is 3. The van der Waals surface area contributed by atoms with E-state index >= 15 is 0 Å². The number of hydrogen-bond donors (Lipinski definition) is 0. The number of ether oxygens (including phenoxy) is 1. The molecule has 30 heavy (non-hydrogen) atoms. The van der Waals surface area contributed by atoms with Gasteiger partial charge in [0.15, 0.2) is 0 Å². The van der Waals surface area contributed by atoms with Crippen LogP contribution in [0.3, 0.4) is 0 Å². The van der Waals surface area contributed by atoms with Crippen LogP contribution in [-0.4, -0.2) is 41.2 Å². The van der Waals surface area contributed by atoms with Gasteiger partial charge in [-0.15, -0.1) is 11.3 Å². The number of thiophene rings is 1. The fourth-order valence-electron chi connectivity index (χ4n) is 4.39. The first-order valence-electron chi connectivity index (χ1n) is 10.9. The molecule has 160 valence electrons. The van der Waals surface area contributed by atoms with Crippen molar-refractivity contribution in [1.82, 2.24) is 14.5 Å². The van der Waals surface area contributed by atoms with Gasteiger partial charge in [-0.1, -0.05) is 25.5 Å². The average Bonchev–Trinajstić information content (AvgIpc) is 3.15. The number of rotatable bonds is 8. The van der Waals surface area contributed by atoms with Crippen molar-refractivity contribution < 1.29 is 4.74 Å². The minimum absolute atomic E-state index is 0.109. The summed E-state index contributed by atoms with van der Waals surface area (Å²) < 4.78 is 7.08. The topological polar surface area (TPSA) is 47.4 Å². The third-order valence-corrected chi connectivity index (χ3v) is 7.44. The summed E-state index contributed by atoms with van der Waals surface area (Å²) in [5.41, 5.74) is 2.52. The first kappa shape index (κ1) is 21.1. The third-order valence-electron chi connectivity index (χ3n) is 6.27. The van der Waals surface area contributed by atoms with Crippen LogP contribution in [0.25, 0.3) is 10.2 Å². The maximum absolute atomic E-state index is 13.3. The summed E-state index contributed by atoms with van der Waals surface area (Å²) in [7, 11) is 3.91. The molecule has 2 aromatic heterocycles. The van der Waals surface area contributed by atoms with E-state index in [0.717, 1.165) is 53.8 Å². The van der Waals surface area contributed by atoms with E-state index in [2.05, 4.69) is 29.9 Å². The molecule has 3 aromatic rings. The normalized spacial score (nSPS) is 16.2. The number of unbranched alkanes of at least 4 members (excludes halogenated alkanes) is 1. The minimum atomic E-state index is 0.109. The molecule has 5 nitrogen and oxygen atoms in total. The standard InChI is InChI=1S/C24H31N3O2S/c1-4-5-12-26(2)18-9-10-20-21(15-18)30-23-22(20)24(28)27(16-25-23)13-11-17-7-6-8-19(14-17)29-3/h6-8,14,16,18H,4-5,9-13,15H2,1-3H3. The van der Waals surface area contributed by atoms with Crippen LogP contribution >= 0.6 is 11.3 Å². The van der Waals surface area contributed by atoms with E-state index in [1.165, 1.54) is 23.3 Å². The highest BCUT2D eigenvalue weighted by atomic mass is 32.1. The summed E-state index contributed by atoms with van der Waals surface area (Å²) >= 11 is 1.72. The molecule has 0 spiro atoms. The highest BCUT2D eigenvalue weighted by Gasteiger charge is 2.27. The number of nitrogens with zero attached hydrogens (tertiary/aromatic N) is 3. The Bertz CT molecular complexity index is 1070. The monoisotopic (exact) mass is 425 g/mol. The maximum Gasteiger partial charge on any atom is 0.262 e. The van der Waals surface area contributed by atoms with Gasteiger partial charge in [-0.25, -0.2) is 4.98 Å². The van der Waals surface area contributed by atoms with Crippen LogP contribution < -0.4 is 10.3 Å². The van der Waals surface area contributed by atoms with Crippen LogP contribution in [0.15, 0.2) is 35.4 Å². The lowest BCUT2D eigenvalue weighted by atomic mass is 9.92. The second-order valence-corrected chi connectivity index (χ2v) is 9.34. The molecule has 0 saturated heterocycles. The molecule has 0 radical (unpaired) electrons. The molecule has 0 amide bonds. The molecule has 0 N–H and O–H groups in total. The summed E-state index contributed by atoms with van der Waals surface area (Å²) in [5.74, 6) is 0.846.